The molecule has 1 aliphatic heterocycles. The molecule has 0 saturated carbocycles. The van der Waals surface area contributed by atoms with Gasteiger partial charge in [-0.05, 0) is 25.5 Å². The minimum Gasteiger partial charge on any atom is -0.479 e. The first-order valence-electron chi connectivity index (χ1n) is 6.16. The van der Waals surface area contributed by atoms with E-state index in [9.17, 15) is 14.0 Å². The number of terminal acetylenes is 1. The van der Waals surface area contributed by atoms with Gasteiger partial charge in [0.2, 0.25) is 0 Å². The van der Waals surface area contributed by atoms with Crippen LogP contribution in [-0.4, -0.2) is 18.6 Å². The quantitative estimate of drug-likeness (QED) is 0.633. The Morgan fingerprint density at radius 3 is 2.68 bits per heavy atom. The molecule has 22 heavy (non-hydrogen) atoms. The van der Waals surface area contributed by atoms with Crippen molar-refractivity contribution in [1.82, 2.24) is 0 Å². The number of hydrogen-bond donors (Lipinski definition) is 0. The summed E-state index contributed by atoms with van der Waals surface area (Å²) < 4.78 is 24.1. The number of allylic oxidation sites excluding steroid dienone is 1. The summed E-state index contributed by atoms with van der Waals surface area (Å²) in [7, 11) is 0. The van der Waals surface area contributed by atoms with Gasteiger partial charge in [-0.1, -0.05) is 17.5 Å². The fraction of sp³-hybridized carbons (Fsp3) is 0.200. The summed E-state index contributed by atoms with van der Waals surface area (Å²) in [6.45, 7) is 3.11. The van der Waals surface area contributed by atoms with Crippen molar-refractivity contribution in [2.75, 3.05) is 11.5 Å². The van der Waals surface area contributed by atoms with Crippen molar-refractivity contribution in [3.8, 4) is 18.1 Å². The lowest BCUT2D eigenvalue weighted by molar-refractivity contribution is -0.114. The van der Waals surface area contributed by atoms with E-state index in [2.05, 4.69) is 5.92 Å². The van der Waals surface area contributed by atoms with Crippen LogP contribution in [0.2, 0.25) is 5.02 Å². The Hall–Kier alpha value is -2.52. The van der Waals surface area contributed by atoms with Crippen LogP contribution in [0.1, 0.15) is 13.8 Å². The van der Waals surface area contributed by atoms with Gasteiger partial charge in [0.05, 0.1) is 10.7 Å². The van der Waals surface area contributed by atoms with Gasteiger partial charge >= 0.3 is 12.0 Å². The van der Waals surface area contributed by atoms with Crippen LogP contribution in [0, 0.1) is 18.2 Å². The number of nitrogens with zero attached hydrogens (tertiary/aromatic N) is 1. The van der Waals surface area contributed by atoms with Gasteiger partial charge in [-0.25, -0.2) is 14.1 Å². The van der Waals surface area contributed by atoms with Crippen molar-refractivity contribution < 1.29 is 23.5 Å². The fourth-order valence-electron chi connectivity index (χ4n) is 1.80. The second-order valence-electron chi connectivity index (χ2n) is 4.56. The van der Waals surface area contributed by atoms with Crippen molar-refractivity contribution >= 4 is 29.3 Å². The highest BCUT2D eigenvalue weighted by atomic mass is 35.5. The number of cyclic esters (lactones) is 1. The van der Waals surface area contributed by atoms with Crippen molar-refractivity contribution in [1.29, 1.82) is 0 Å². The molecule has 5 nitrogen and oxygen atoms in total. The molecule has 2 rings (SSSR count). The van der Waals surface area contributed by atoms with Crippen molar-refractivity contribution in [3.05, 3.63) is 34.3 Å². The number of rotatable bonds is 3. The molecule has 0 spiro atoms. The Morgan fingerprint density at radius 1 is 1.45 bits per heavy atom. The van der Waals surface area contributed by atoms with Crippen molar-refractivity contribution in [3.63, 3.8) is 0 Å². The van der Waals surface area contributed by atoms with Crippen LogP contribution < -0.4 is 9.64 Å². The molecule has 1 saturated heterocycles. The third-order valence-corrected chi connectivity index (χ3v) is 3.07. The first-order chi connectivity index (χ1) is 10.4. The van der Waals surface area contributed by atoms with E-state index in [4.69, 9.17) is 27.5 Å². The highest BCUT2D eigenvalue weighted by molar-refractivity contribution is 6.32. The molecule has 1 aliphatic rings. The smallest absolute Gasteiger partial charge is 0.427 e. The lowest BCUT2D eigenvalue weighted by Gasteiger charge is -2.14. The molecule has 1 aromatic rings. The van der Waals surface area contributed by atoms with Gasteiger partial charge in [-0.15, -0.1) is 6.42 Å². The predicted molar refractivity (Wildman–Crippen MR) is 78.1 cm³/mol. The van der Waals surface area contributed by atoms with E-state index in [-0.39, 0.29) is 28.8 Å². The largest absolute Gasteiger partial charge is 0.479 e. The SMILES string of the molecule is C#CCOc1cc(N2C(=O)OC(=C(C)C)C2=O)c(F)cc1Cl. The Kier molecular flexibility index (Phi) is 4.38. The number of imide groups is 1. The summed E-state index contributed by atoms with van der Waals surface area (Å²) in [4.78, 5) is 24.6. The second kappa shape index (κ2) is 6.08. The second-order valence-corrected chi connectivity index (χ2v) is 4.97. The average Bonchev–Trinajstić information content (AvgIpc) is 2.74. The maximum atomic E-state index is 14.1. The Balaban J connectivity index is 2.49. The van der Waals surface area contributed by atoms with Crippen LogP contribution >= 0.6 is 11.6 Å². The number of hydrogen-bond acceptors (Lipinski definition) is 4. The zero-order valence-corrected chi connectivity index (χ0v) is 12.5. The van der Waals surface area contributed by atoms with Crippen LogP contribution in [0.3, 0.4) is 0 Å². The monoisotopic (exact) mass is 323 g/mol. The highest BCUT2D eigenvalue weighted by Crippen LogP contribution is 2.35. The van der Waals surface area contributed by atoms with Crippen LogP contribution in [0.25, 0.3) is 0 Å². The molecular formula is C15H11ClFNO4. The number of carbonyl (C=O) groups excluding carboxylic acids is 2. The third kappa shape index (κ3) is 2.76. The molecule has 0 N–H and O–H groups in total. The molecule has 0 radical (unpaired) electrons. The van der Waals surface area contributed by atoms with E-state index in [1.165, 1.54) is 0 Å². The molecule has 0 bridgehead atoms. The van der Waals surface area contributed by atoms with E-state index < -0.39 is 17.8 Å². The number of anilines is 1. The minimum atomic E-state index is -0.995. The van der Waals surface area contributed by atoms with Crippen molar-refractivity contribution in [2.45, 2.75) is 13.8 Å². The van der Waals surface area contributed by atoms with Crippen LogP contribution in [0.15, 0.2) is 23.5 Å². The van der Waals surface area contributed by atoms with Crippen LogP contribution in [0.5, 0.6) is 5.75 Å². The predicted octanol–water partition coefficient (Wildman–Crippen LogP) is 3.27. The molecule has 1 fully saturated rings. The molecule has 1 aromatic carbocycles. The zero-order valence-electron chi connectivity index (χ0n) is 11.8. The minimum absolute atomic E-state index is 0.0287. The first kappa shape index (κ1) is 15.9. The van der Waals surface area contributed by atoms with Crippen LogP contribution in [0.4, 0.5) is 14.9 Å². The van der Waals surface area contributed by atoms with E-state index >= 15 is 0 Å². The van der Waals surface area contributed by atoms with Gasteiger partial charge in [-0.2, -0.15) is 0 Å². The number of amides is 2. The lowest BCUT2D eigenvalue weighted by atomic mass is 10.2. The van der Waals surface area contributed by atoms with Gasteiger partial charge in [0.15, 0.2) is 5.76 Å². The van der Waals surface area contributed by atoms with Gasteiger partial charge < -0.3 is 9.47 Å². The summed E-state index contributed by atoms with van der Waals surface area (Å²) in [6.07, 6.45) is 4.08. The molecule has 1 heterocycles. The summed E-state index contributed by atoms with van der Waals surface area (Å²) in [6, 6.07) is 2.06. The molecule has 0 aromatic heterocycles. The molecule has 2 amide bonds. The summed E-state index contributed by atoms with van der Waals surface area (Å²) in [5.41, 5.74) is 0.182. The van der Waals surface area contributed by atoms with Gasteiger partial charge in [0.25, 0.3) is 0 Å². The topological polar surface area (TPSA) is 55.8 Å². The molecule has 114 valence electrons. The lowest BCUT2D eigenvalue weighted by Crippen LogP contribution is -2.29. The van der Waals surface area contributed by atoms with Gasteiger partial charge in [0.1, 0.15) is 18.2 Å². The normalized spacial score (nSPS) is 14.0. The van der Waals surface area contributed by atoms with E-state index in [0.29, 0.717) is 10.5 Å². The first-order valence-corrected chi connectivity index (χ1v) is 6.53. The maximum Gasteiger partial charge on any atom is 0.427 e. The van der Waals surface area contributed by atoms with Gasteiger partial charge in [0, 0.05) is 6.07 Å². The summed E-state index contributed by atoms with van der Waals surface area (Å²) in [5.74, 6) is 0.538. The average molecular weight is 324 g/mol. The van der Waals surface area contributed by atoms with E-state index in [1.807, 2.05) is 0 Å². The molecule has 0 atom stereocenters. The number of benzene rings is 1. The Morgan fingerprint density at radius 2 is 2.14 bits per heavy atom. The van der Waals surface area contributed by atoms with E-state index in [0.717, 1.165) is 12.1 Å². The Labute approximate surface area is 131 Å². The summed E-state index contributed by atoms with van der Waals surface area (Å²) in [5, 5.41) is -0.0287. The molecule has 0 unspecified atom stereocenters. The van der Waals surface area contributed by atoms with Crippen LogP contribution in [-0.2, 0) is 9.53 Å². The molecule has 7 heteroatoms. The number of halogens is 2. The Bertz CT molecular complexity index is 732. The van der Waals surface area contributed by atoms with Gasteiger partial charge in [-0.3, -0.25) is 4.79 Å². The third-order valence-electron chi connectivity index (χ3n) is 2.78. The highest BCUT2D eigenvalue weighted by Gasteiger charge is 2.40. The summed E-state index contributed by atoms with van der Waals surface area (Å²) >= 11 is 5.83. The number of ether oxygens (including phenoxy) is 2. The van der Waals surface area contributed by atoms with E-state index in [1.54, 1.807) is 13.8 Å². The number of carbonyl (C=O) groups is 2. The maximum absolute atomic E-state index is 14.1. The molecular weight excluding hydrogens is 313 g/mol. The zero-order chi connectivity index (χ0) is 16.4. The standard InChI is InChI=1S/C15H11ClFNO4/c1-4-5-21-12-7-11(10(17)6-9(12)16)18-14(19)13(8(2)3)22-15(18)20/h1,6-7H,5H2,2-3H3. The fourth-order valence-corrected chi connectivity index (χ4v) is 2.01. The van der Waals surface area contributed by atoms with Crippen molar-refractivity contribution in [2.24, 2.45) is 0 Å². The molecule has 0 aliphatic carbocycles.